The molecule has 1 aromatic carbocycles. The molecule has 0 unspecified atom stereocenters. The van der Waals surface area contributed by atoms with Gasteiger partial charge in [0.15, 0.2) is 0 Å². The summed E-state index contributed by atoms with van der Waals surface area (Å²) in [6.45, 7) is 6.43. The zero-order valence-electron chi connectivity index (χ0n) is 13.7. The van der Waals surface area contributed by atoms with E-state index in [9.17, 15) is 14.9 Å². The molecule has 126 valence electrons. The molecule has 0 radical (unpaired) electrons. The van der Waals surface area contributed by atoms with Crippen LogP contribution in [0.2, 0.25) is 0 Å². The van der Waals surface area contributed by atoms with Crippen molar-refractivity contribution in [1.29, 1.82) is 0 Å². The quantitative estimate of drug-likeness (QED) is 0.665. The summed E-state index contributed by atoms with van der Waals surface area (Å²) < 4.78 is 5.15. The highest BCUT2D eigenvalue weighted by molar-refractivity contribution is 5.94. The molecule has 1 fully saturated rings. The molecule has 1 heterocycles. The first kappa shape index (κ1) is 17.2. The number of amides is 1. The van der Waals surface area contributed by atoms with Gasteiger partial charge in [0.05, 0.1) is 24.3 Å². The molecule has 2 atom stereocenters. The van der Waals surface area contributed by atoms with E-state index >= 15 is 0 Å². The lowest BCUT2D eigenvalue weighted by Gasteiger charge is -2.34. The maximum atomic E-state index is 12.3. The van der Waals surface area contributed by atoms with Crippen LogP contribution in [0.1, 0.15) is 20.3 Å². The average Bonchev–Trinajstić information content (AvgIpc) is 2.45. The molecule has 0 spiro atoms. The number of likely N-dealkylation sites (tertiary alicyclic amines) is 1. The highest BCUT2D eigenvalue weighted by atomic mass is 16.6. The molecule has 0 aliphatic carbocycles. The Morgan fingerprint density at radius 1 is 1.39 bits per heavy atom. The Morgan fingerprint density at radius 3 is 2.61 bits per heavy atom. The van der Waals surface area contributed by atoms with E-state index < -0.39 is 4.92 Å². The number of anilines is 1. The third-order valence-electron chi connectivity index (χ3n) is 3.98. The van der Waals surface area contributed by atoms with E-state index in [0.717, 1.165) is 13.1 Å². The monoisotopic (exact) mass is 321 g/mol. The number of carbonyl (C=O) groups is 1. The summed E-state index contributed by atoms with van der Waals surface area (Å²) in [6.07, 6.45) is 1.18. The number of methoxy groups -OCH3 is 1. The minimum Gasteiger partial charge on any atom is -0.495 e. The van der Waals surface area contributed by atoms with Crippen LogP contribution in [0, 0.1) is 22.0 Å². The van der Waals surface area contributed by atoms with Crippen LogP contribution in [-0.4, -0.2) is 42.5 Å². The number of benzene rings is 1. The van der Waals surface area contributed by atoms with E-state index in [2.05, 4.69) is 24.1 Å². The van der Waals surface area contributed by atoms with Crippen LogP contribution in [0.15, 0.2) is 18.2 Å². The zero-order valence-corrected chi connectivity index (χ0v) is 13.7. The minimum atomic E-state index is -0.497. The Kier molecular flexibility index (Phi) is 5.54. The van der Waals surface area contributed by atoms with E-state index in [4.69, 9.17) is 4.74 Å². The van der Waals surface area contributed by atoms with Crippen molar-refractivity contribution in [2.45, 2.75) is 20.3 Å². The molecule has 1 saturated heterocycles. The second-order valence-electron chi connectivity index (χ2n) is 6.33. The molecule has 7 nitrogen and oxygen atoms in total. The molecule has 7 heteroatoms. The molecule has 0 bridgehead atoms. The molecule has 1 amide bonds. The zero-order chi connectivity index (χ0) is 17.0. The Bertz CT molecular complexity index is 581. The van der Waals surface area contributed by atoms with Gasteiger partial charge in [-0.3, -0.25) is 19.8 Å². The van der Waals surface area contributed by atoms with Gasteiger partial charge in [0.2, 0.25) is 5.91 Å². The Hall–Kier alpha value is -2.15. The summed E-state index contributed by atoms with van der Waals surface area (Å²) in [5, 5.41) is 13.6. The summed E-state index contributed by atoms with van der Waals surface area (Å²) >= 11 is 0. The largest absolute Gasteiger partial charge is 0.495 e. The normalized spacial score (nSPS) is 21.7. The number of nitrogens with zero attached hydrogens (tertiary/aromatic N) is 2. The van der Waals surface area contributed by atoms with Crippen LogP contribution in [0.3, 0.4) is 0 Å². The van der Waals surface area contributed by atoms with Gasteiger partial charge in [-0.25, -0.2) is 0 Å². The molecule has 1 aromatic rings. The van der Waals surface area contributed by atoms with Crippen molar-refractivity contribution in [3.05, 3.63) is 28.3 Å². The number of non-ortho nitro benzene ring substituents is 1. The van der Waals surface area contributed by atoms with Crippen molar-refractivity contribution in [2.75, 3.05) is 32.1 Å². The summed E-state index contributed by atoms with van der Waals surface area (Å²) in [4.78, 5) is 24.8. The lowest BCUT2D eigenvalue weighted by molar-refractivity contribution is -0.384. The van der Waals surface area contributed by atoms with Gasteiger partial charge in [0.25, 0.3) is 5.69 Å². The van der Waals surface area contributed by atoms with Crippen LogP contribution in [-0.2, 0) is 4.79 Å². The van der Waals surface area contributed by atoms with Crippen molar-refractivity contribution in [2.24, 2.45) is 11.8 Å². The maximum absolute atomic E-state index is 12.3. The number of hydrogen-bond acceptors (Lipinski definition) is 5. The first-order valence-corrected chi connectivity index (χ1v) is 7.73. The van der Waals surface area contributed by atoms with Crippen LogP contribution >= 0.6 is 0 Å². The fourth-order valence-electron chi connectivity index (χ4n) is 3.22. The topological polar surface area (TPSA) is 84.7 Å². The highest BCUT2D eigenvalue weighted by Crippen LogP contribution is 2.29. The predicted molar refractivity (Wildman–Crippen MR) is 87.7 cm³/mol. The first-order chi connectivity index (χ1) is 10.9. The molecule has 1 aliphatic rings. The molecule has 0 saturated carbocycles. The predicted octanol–water partition coefficient (Wildman–Crippen LogP) is 2.52. The van der Waals surface area contributed by atoms with Gasteiger partial charge in [-0.1, -0.05) is 13.8 Å². The first-order valence-electron chi connectivity index (χ1n) is 7.73. The van der Waals surface area contributed by atoms with E-state index in [1.165, 1.54) is 31.7 Å². The van der Waals surface area contributed by atoms with Crippen molar-refractivity contribution in [3.8, 4) is 5.75 Å². The van der Waals surface area contributed by atoms with Crippen LogP contribution < -0.4 is 10.1 Å². The van der Waals surface area contributed by atoms with Crippen LogP contribution in [0.5, 0.6) is 5.75 Å². The number of rotatable bonds is 5. The summed E-state index contributed by atoms with van der Waals surface area (Å²) in [5.41, 5.74) is 0.242. The molecular formula is C16H23N3O4. The number of hydrogen-bond donors (Lipinski definition) is 1. The molecule has 1 aliphatic heterocycles. The SMILES string of the molecule is COc1ccc([N+](=O)[O-])cc1NC(=O)CN1C[C@H](C)C[C@@H](C)C1. The standard InChI is InChI=1S/C16H23N3O4/c1-11-6-12(2)9-18(8-11)10-16(20)17-14-7-13(19(21)22)4-5-15(14)23-3/h4-5,7,11-12H,6,8-10H2,1-3H3,(H,17,20)/t11-,12-/m1/s1. The van der Waals surface area contributed by atoms with Crippen molar-refractivity contribution in [1.82, 2.24) is 4.90 Å². The van der Waals surface area contributed by atoms with Crippen LogP contribution in [0.25, 0.3) is 0 Å². The highest BCUT2D eigenvalue weighted by Gasteiger charge is 2.23. The third-order valence-corrected chi connectivity index (χ3v) is 3.98. The summed E-state index contributed by atoms with van der Waals surface area (Å²) in [7, 11) is 1.46. The Morgan fingerprint density at radius 2 is 2.04 bits per heavy atom. The summed E-state index contributed by atoms with van der Waals surface area (Å²) in [5.74, 6) is 1.35. The van der Waals surface area contributed by atoms with Crippen LogP contribution in [0.4, 0.5) is 11.4 Å². The van der Waals surface area contributed by atoms with E-state index in [1.807, 2.05) is 0 Å². The number of nitrogens with one attached hydrogen (secondary N) is 1. The summed E-state index contributed by atoms with van der Waals surface area (Å²) in [6, 6.07) is 4.15. The average molecular weight is 321 g/mol. The fraction of sp³-hybridized carbons (Fsp3) is 0.562. The second kappa shape index (κ2) is 7.41. The number of carbonyl (C=O) groups excluding carboxylic acids is 1. The fourth-order valence-corrected chi connectivity index (χ4v) is 3.22. The van der Waals surface area contributed by atoms with Crippen molar-refractivity contribution >= 4 is 17.3 Å². The second-order valence-corrected chi connectivity index (χ2v) is 6.33. The van der Waals surface area contributed by atoms with Gasteiger partial charge in [-0.05, 0) is 24.3 Å². The lowest BCUT2D eigenvalue weighted by atomic mass is 9.92. The van der Waals surface area contributed by atoms with Gasteiger partial charge in [-0.2, -0.15) is 0 Å². The molecule has 0 aromatic heterocycles. The van der Waals surface area contributed by atoms with E-state index in [1.54, 1.807) is 0 Å². The molecule has 23 heavy (non-hydrogen) atoms. The number of piperidine rings is 1. The van der Waals surface area contributed by atoms with Gasteiger partial charge in [-0.15, -0.1) is 0 Å². The number of ether oxygens (including phenoxy) is 1. The third kappa shape index (κ3) is 4.66. The van der Waals surface area contributed by atoms with Crippen molar-refractivity contribution < 1.29 is 14.5 Å². The molecular weight excluding hydrogens is 298 g/mol. The minimum absolute atomic E-state index is 0.0821. The van der Waals surface area contributed by atoms with Gasteiger partial charge in [0.1, 0.15) is 5.75 Å². The Balaban J connectivity index is 2.04. The van der Waals surface area contributed by atoms with Gasteiger partial charge in [0, 0.05) is 25.2 Å². The molecule has 1 N–H and O–H groups in total. The Labute approximate surface area is 135 Å². The lowest BCUT2D eigenvalue weighted by Crippen LogP contribution is -2.42. The van der Waals surface area contributed by atoms with Gasteiger partial charge < -0.3 is 10.1 Å². The van der Waals surface area contributed by atoms with E-state index in [-0.39, 0.29) is 18.1 Å². The van der Waals surface area contributed by atoms with Crippen molar-refractivity contribution in [3.63, 3.8) is 0 Å². The number of nitro benzene ring substituents is 1. The van der Waals surface area contributed by atoms with Gasteiger partial charge >= 0.3 is 0 Å². The number of nitro groups is 1. The smallest absolute Gasteiger partial charge is 0.271 e. The maximum Gasteiger partial charge on any atom is 0.271 e. The van der Waals surface area contributed by atoms with E-state index in [0.29, 0.717) is 23.3 Å². The molecule has 2 rings (SSSR count).